The molecule has 4 rings (SSSR count). The summed E-state index contributed by atoms with van der Waals surface area (Å²) < 4.78 is 2.50. The molecule has 1 saturated heterocycles. The minimum atomic E-state index is 0.377. The Morgan fingerprint density at radius 2 is 1.80 bits per heavy atom. The van der Waals surface area contributed by atoms with E-state index in [9.17, 15) is 0 Å². The Labute approximate surface area is 183 Å². The molecule has 0 N–H and O–H groups in total. The number of nitrogens with zero attached hydrogens (tertiary/aromatic N) is 2. The van der Waals surface area contributed by atoms with Crippen LogP contribution in [-0.4, -0.2) is 22.1 Å². The van der Waals surface area contributed by atoms with Gasteiger partial charge >= 0.3 is 0 Å². The van der Waals surface area contributed by atoms with E-state index in [4.69, 9.17) is 0 Å². The van der Waals surface area contributed by atoms with Gasteiger partial charge < -0.3 is 4.57 Å². The van der Waals surface area contributed by atoms with Crippen molar-refractivity contribution in [1.29, 1.82) is 0 Å². The van der Waals surface area contributed by atoms with Crippen molar-refractivity contribution in [2.45, 2.75) is 78.8 Å². The number of hydrogen-bond donors (Lipinski definition) is 0. The van der Waals surface area contributed by atoms with Crippen LogP contribution in [-0.2, 0) is 0 Å². The predicted octanol–water partition coefficient (Wildman–Crippen LogP) is 7.23. The van der Waals surface area contributed by atoms with Crippen molar-refractivity contribution in [1.82, 2.24) is 9.47 Å². The van der Waals surface area contributed by atoms with Gasteiger partial charge in [0.2, 0.25) is 0 Å². The minimum absolute atomic E-state index is 0.377. The summed E-state index contributed by atoms with van der Waals surface area (Å²) in [6.45, 7) is 16.8. The molecular weight excluding hydrogens is 364 g/mol. The van der Waals surface area contributed by atoms with Crippen LogP contribution in [0, 0.1) is 26.7 Å². The highest BCUT2D eigenvalue weighted by Crippen LogP contribution is 2.43. The van der Waals surface area contributed by atoms with Gasteiger partial charge in [0, 0.05) is 17.9 Å². The fraction of sp³-hybridized carbons (Fsp3) is 0.500. The average molecular weight is 403 g/mol. The van der Waals surface area contributed by atoms with Crippen LogP contribution < -0.4 is 0 Å². The summed E-state index contributed by atoms with van der Waals surface area (Å²) in [6, 6.07) is 9.98. The van der Waals surface area contributed by atoms with E-state index in [2.05, 4.69) is 87.2 Å². The van der Waals surface area contributed by atoms with Crippen molar-refractivity contribution in [3.05, 3.63) is 76.6 Å². The molecule has 0 spiro atoms. The topological polar surface area (TPSA) is 8.17 Å². The molecule has 0 radical (unpaired) electrons. The molecule has 30 heavy (non-hydrogen) atoms. The first-order chi connectivity index (χ1) is 14.4. The summed E-state index contributed by atoms with van der Waals surface area (Å²) in [6.07, 6.45) is 11.0. The standard InChI is InChI=1S/C28H38N2/c1-19(2)24-12-14-25(15-13-24)28(29-17-8-11-23(29)6)27-22(5)16-18-30(27)26-20(3)9-7-10-21(26)4/h7,9-10,14,16,18,23-24,28H,1,8,11-13,15,17H2,2-6H3. The Balaban J connectivity index is 1.83. The zero-order valence-electron chi connectivity index (χ0n) is 19.5. The van der Waals surface area contributed by atoms with E-state index < -0.39 is 0 Å². The van der Waals surface area contributed by atoms with E-state index in [0.29, 0.717) is 18.0 Å². The first kappa shape index (κ1) is 21.2. The number of para-hydroxylation sites is 1. The van der Waals surface area contributed by atoms with Gasteiger partial charge in [-0.15, -0.1) is 0 Å². The number of likely N-dealkylation sites (tertiary alicyclic amines) is 1. The molecule has 2 heterocycles. The van der Waals surface area contributed by atoms with Crippen LogP contribution in [0.4, 0.5) is 0 Å². The number of allylic oxidation sites excluding steroid dienone is 2. The lowest BCUT2D eigenvalue weighted by Crippen LogP contribution is -2.35. The van der Waals surface area contributed by atoms with Gasteiger partial charge in [-0.05, 0) is 102 Å². The second-order valence-electron chi connectivity index (χ2n) is 9.72. The average Bonchev–Trinajstić information content (AvgIpc) is 3.30. The fourth-order valence-electron chi connectivity index (χ4n) is 5.71. The van der Waals surface area contributed by atoms with Crippen molar-refractivity contribution >= 4 is 0 Å². The molecule has 1 fully saturated rings. The van der Waals surface area contributed by atoms with E-state index in [1.165, 1.54) is 65.9 Å². The summed E-state index contributed by atoms with van der Waals surface area (Å²) >= 11 is 0. The van der Waals surface area contributed by atoms with Crippen LogP contribution in [0.2, 0.25) is 0 Å². The monoisotopic (exact) mass is 402 g/mol. The van der Waals surface area contributed by atoms with Crippen molar-refractivity contribution in [3.63, 3.8) is 0 Å². The highest BCUT2D eigenvalue weighted by Gasteiger charge is 2.35. The predicted molar refractivity (Wildman–Crippen MR) is 128 cm³/mol. The van der Waals surface area contributed by atoms with Gasteiger partial charge in [-0.2, -0.15) is 0 Å². The molecule has 0 saturated carbocycles. The highest BCUT2D eigenvalue weighted by atomic mass is 15.2. The van der Waals surface area contributed by atoms with Crippen LogP contribution in [0.15, 0.2) is 54.3 Å². The van der Waals surface area contributed by atoms with Crippen molar-refractivity contribution in [3.8, 4) is 5.69 Å². The highest BCUT2D eigenvalue weighted by molar-refractivity contribution is 5.51. The largest absolute Gasteiger partial charge is 0.318 e. The maximum absolute atomic E-state index is 4.23. The normalized spacial score (nSPS) is 23.4. The third kappa shape index (κ3) is 3.83. The first-order valence-electron chi connectivity index (χ1n) is 11.7. The Kier molecular flexibility index (Phi) is 6.06. The van der Waals surface area contributed by atoms with Crippen LogP contribution >= 0.6 is 0 Å². The molecule has 160 valence electrons. The zero-order chi connectivity index (χ0) is 21.4. The smallest absolute Gasteiger partial charge is 0.0724 e. The van der Waals surface area contributed by atoms with Gasteiger partial charge in [0.25, 0.3) is 0 Å². The van der Waals surface area contributed by atoms with Crippen molar-refractivity contribution in [2.75, 3.05) is 6.54 Å². The lowest BCUT2D eigenvalue weighted by atomic mass is 9.81. The summed E-state index contributed by atoms with van der Waals surface area (Å²) in [5.41, 5.74) is 9.89. The van der Waals surface area contributed by atoms with Gasteiger partial charge in [0.05, 0.1) is 11.7 Å². The SMILES string of the molecule is C=C(C)C1CC=C(C(c2c(C)ccn2-c2c(C)cccc2C)N2CCCC2C)CC1. The molecule has 0 bridgehead atoms. The molecule has 0 amide bonds. The molecule has 1 aromatic heterocycles. The van der Waals surface area contributed by atoms with Crippen LogP contribution in [0.5, 0.6) is 0 Å². The van der Waals surface area contributed by atoms with Crippen molar-refractivity contribution in [2.24, 2.45) is 5.92 Å². The van der Waals surface area contributed by atoms with Gasteiger partial charge in [-0.25, -0.2) is 0 Å². The second kappa shape index (κ2) is 8.59. The molecular formula is C28H38N2. The quantitative estimate of drug-likeness (QED) is 0.479. The molecule has 2 aliphatic rings. The number of benzene rings is 1. The molecule has 1 aromatic carbocycles. The molecule has 1 aliphatic carbocycles. The Hall–Kier alpha value is -2.06. The Morgan fingerprint density at radius 3 is 2.37 bits per heavy atom. The molecule has 2 nitrogen and oxygen atoms in total. The number of aromatic nitrogens is 1. The van der Waals surface area contributed by atoms with Crippen LogP contribution in [0.3, 0.4) is 0 Å². The lowest BCUT2D eigenvalue weighted by molar-refractivity contribution is 0.204. The van der Waals surface area contributed by atoms with Gasteiger partial charge in [0.15, 0.2) is 0 Å². The summed E-state index contributed by atoms with van der Waals surface area (Å²) in [4.78, 5) is 2.78. The molecule has 1 aliphatic heterocycles. The van der Waals surface area contributed by atoms with E-state index in [1.807, 2.05) is 0 Å². The summed E-state index contributed by atoms with van der Waals surface area (Å²) in [7, 11) is 0. The molecule has 3 unspecified atom stereocenters. The minimum Gasteiger partial charge on any atom is -0.318 e. The Bertz CT molecular complexity index is 941. The molecule has 2 aromatic rings. The molecule has 2 heteroatoms. The summed E-state index contributed by atoms with van der Waals surface area (Å²) in [5.74, 6) is 0.650. The maximum atomic E-state index is 4.23. The maximum Gasteiger partial charge on any atom is 0.0724 e. The van der Waals surface area contributed by atoms with Crippen LogP contribution in [0.25, 0.3) is 5.69 Å². The number of rotatable bonds is 5. The first-order valence-corrected chi connectivity index (χ1v) is 11.7. The van der Waals surface area contributed by atoms with Crippen molar-refractivity contribution < 1.29 is 0 Å². The fourth-order valence-corrected chi connectivity index (χ4v) is 5.71. The lowest BCUT2D eigenvalue weighted by Gasteiger charge is -2.37. The number of aryl methyl sites for hydroxylation is 3. The van der Waals surface area contributed by atoms with Crippen LogP contribution in [0.1, 0.15) is 74.4 Å². The third-order valence-electron chi connectivity index (χ3n) is 7.51. The van der Waals surface area contributed by atoms with Gasteiger partial charge in [-0.1, -0.05) is 42.0 Å². The van der Waals surface area contributed by atoms with Gasteiger partial charge in [-0.3, -0.25) is 4.90 Å². The van der Waals surface area contributed by atoms with Gasteiger partial charge in [0.1, 0.15) is 0 Å². The van der Waals surface area contributed by atoms with E-state index in [0.717, 1.165) is 6.42 Å². The van der Waals surface area contributed by atoms with E-state index in [-0.39, 0.29) is 0 Å². The number of hydrogen-bond acceptors (Lipinski definition) is 1. The third-order valence-corrected chi connectivity index (χ3v) is 7.51. The van der Waals surface area contributed by atoms with E-state index >= 15 is 0 Å². The Morgan fingerprint density at radius 1 is 1.07 bits per heavy atom. The van der Waals surface area contributed by atoms with E-state index in [1.54, 1.807) is 5.57 Å². The summed E-state index contributed by atoms with van der Waals surface area (Å²) in [5, 5.41) is 0. The second-order valence-corrected chi connectivity index (χ2v) is 9.72. The zero-order valence-corrected chi connectivity index (χ0v) is 19.5. The molecule has 3 atom stereocenters.